The smallest absolute Gasteiger partial charge is 0.269 e. The van der Waals surface area contributed by atoms with Gasteiger partial charge >= 0.3 is 0 Å². The Morgan fingerprint density at radius 3 is 2.36 bits per heavy atom. The second-order valence-corrected chi connectivity index (χ2v) is 5.46. The van der Waals surface area contributed by atoms with Gasteiger partial charge in [0.15, 0.2) is 6.29 Å². The highest BCUT2D eigenvalue weighted by Crippen LogP contribution is 2.38. The van der Waals surface area contributed by atoms with Crippen LogP contribution in [0, 0.1) is 16.0 Å². The van der Waals surface area contributed by atoms with Crippen LogP contribution in [0.4, 0.5) is 5.69 Å². The van der Waals surface area contributed by atoms with Crippen molar-refractivity contribution in [3.05, 3.63) is 75.8 Å². The maximum absolute atomic E-state index is 10.7. The molecule has 2 aromatic rings. The quantitative estimate of drug-likeness (QED) is 0.634. The summed E-state index contributed by atoms with van der Waals surface area (Å²) in [6.07, 6.45) is -0.544. The number of rotatable bonds is 3. The van der Waals surface area contributed by atoms with Gasteiger partial charge in [0.25, 0.3) is 5.69 Å². The van der Waals surface area contributed by atoms with Gasteiger partial charge in [-0.15, -0.1) is 0 Å². The van der Waals surface area contributed by atoms with E-state index >= 15 is 0 Å². The molecule has 2 aromatic carbocycles. The van der Waals surface area contributed by atoms with Gasteiger partial charge in [-0.05, 0) is 17.7 Å². The summed E-state index contributed by atoms with van der Waals surface area (Å²) in [4.78, 5) is 10.3. The van der Waals surface area contributed by atoms with Crippen LogP contribution in [-0.2, 0) is 9.47 Å². The predicted octanol–water partition coefficient (Wildman–Crippen LogP) is 4.02. The van der Waals surface area contributed by atoms with Crippen molar-refractivity contribution in [3.8, 4) is 0 Å². The molecule has 0 aliphatic carbocycles. The van der Waals surface area contributed by atoms with E-state index in [-0.39, 0.29) is 17.7 Å². The standard InChI is InChI=1S/C17H17NO4/c1-12-11-21-17(14-7-9-15(10-8-14)18(19)20)22-16(12)13-5-3-2-4-6-13/h2-10,12,16-17H,11H2,1H3/t12-,16-,17-/m0/s1. The second kappa shape index (κ2) is 6.25. The molecule has 0 bridgehead atoms. The van der Waals surface area contributed by atoms with Gasteiger partial charge in [0.05, 0.1) is 17.6 Å². The first kappa shape index (κ1) is 14.7. The normalized spacial score (nSPS) is 24.9. The van der Waals surface area contributed by atoms with Crippen LogP contribution in [0.25, 0.3) is 0 Å². The molecule has 1 fully saturated rings. The summed E-state index contributed by atoms with van der Waals surface area (Å²) in [5, 5.41) is 10.7. The molecule has 3 rings (SSSR count). The molecule has 1 aliphatic rings. The number of nitrogens with zero attached hydrogens (tertiary/aromatic N) is 1. The van der Waals surface area contributed by atoms with E-state index in [0.717, 1.165) is 11.1 Å². The third kappa shape index (κ3) is 3.00. The van der Waals surface area contributed by atoms with Gasteiger partial charge in [-0.2, -0.15) is 0 Å². The van der Waals surface area contributed by atoms with Gasteiger partial charge in [0, 0.05) is 23.6 Å². The Kier molecular flexibility index (Phi) is 4.18. The third-order valence-corrected chi connectivity index (χ3v) is 3.80. The number of non-ortho nitro benzene ring substituents is 1. The average molecular weight is 299 g/mol. The lowest BCUT2D eigenvalue weighted by Crippen LogP contribution is -2.28. The first-order chi connectivity index (χ1) is 10.6. The molecule has 5 nitrogen and oxygen atoms in total. The number of ether oxygens (including phenoxy) is 2. The van der Waals surface area contributed by atoms with E-state index in [9.17, 15) is 10.1 Å². The van der Waals surface area contributed by atoms with Gasteiger partial charge in [-0.25, -0.2) is 0 Å². The van der Waals surface area contributed by atoms with Crippen LogP contribution in [0.15, 0.2) is 54.6 Å². The predicted molar refractivity (Wildman–Crippen MR) is 81.2 cm³/mol. The summed E-state index contributed by atoms with van der Waals surface area (Å²) in [6.45, 7) is 2.67. The van der Waals surface area contributed by atoms with Crippen LogP contribution in [0.3, 0.4) is 0 Å². The Labute approximate surface area is 128 Å². The van der Waals surface area contributed by atoms with Crippen molar-refractivity contribution in [2.75, 3.05) is 6.61 Å². The largest absolute Gasteiger partial charge is 0.348 e. The molecular formula is C17H17NO4. The molecule has 22 heavy (non-hydrogen) atoms. The van der Waals surface area contributed by atoms with Crippen molar-refractivity contribution in [1.29, 1.82) is 0 Å². The lowest BCUT2D eigenvalue weighted by atomic mass is 9.96. The highest BCUT2D eigenvalue weighted by Gasteiger charge is 2.31. The fourth-order valence-corrected chi connectivity index (χ4v) is 2.61. The number of benzene rings is 2. The summed E-state index contributed by atoms with van der Waals surface area (Å²) >= 11 is 0. The van der Waals surface area contributed by atoms with E-state index in [1.54, 1.807) is 12.1 Å². The van der Waals surface area contributed by atoms with Crippen molar-refractivity contribution in [2.45, 2.75) is 19.3 Å². The van der Waals surface area contributed by atoms with Crippen LogP contribution < -0.4 is 0 Å². The fraction of sp³-hybridized carbons (Fsp3) is 0.294. The minimum atomic E-state index is -0.498. The van der Waals surface area contributed by atoms with E-state index < -0.39 is 11.2 Å². The van der Waals surface area contributed by atoms with Crippen molar-refractivity contribution < 1.29 is 14.4 Å². The maximum atomic E-state index is 10.7. The van der Waals surface area contributed by atoms with Crippen LogP contribution in [0.5, 0.6) is 0 Å². The molecule has 0 spiro atoms. The fourth-order valence-electron chi connectivity index (χ4n) is 2.61. The molecule has 1 heterocycles. The summed E-state index contributed by atoms with van der Waals surface area (Å²) in [6, 6.07) is 16.3. The van der Waals surface area contributed by atoms with Crippen LogP contribution in [0.1, 0.15) is 30.4 Å². The highest BCUT2D eigenvalue weighted by atomic mass is 16.7. The summed E-state index contributed by atoms with van der Waals surface area (Å²) in [7, 11) is 0. The van der Waals surface area contributed by atoms with Crippen LogP contribution >= 0.6 is 0 Å². The van der Waals surface area contributed by atoms with Gasteiger partial charge < -0.3 is 9.47 Å². The Bertz CT molecular complexity index is 641. The topological polar surface area (TPSA) is 61.6 Å². The number of nitro groups is 1. The molecular weight excluding hydrogens is 282 g/mol. The van der Waals surface area contributed by atoms with E-state index in [2.05, 4.69) is 6.92 Å². The summed E-state index contributed by atoms with van der Waals surface area (Å²) < 4.78 is 11.8. The molecule has 0 amide bonds. The molecule has 0 radical (unpaired) electrons. The molecule has 5 heteroatoms. The Balaban J connectivity index is 1.79. The van der Waals surface area contributed by atoms with E-state index in [1.165, 1.54) is 12.1 Å². The number of hydrogen-bond acceptors (Lipinski definition) is 4. The Morgan fingerprint density at radius 2 is 1.73 bits per heavy atom. The third-order valence-electron chi connectivity index (χ3n) is 3.80. The zero-order valence-corrected chi connectivity index (χ0v) is 12.2. The first-order valence-corrected chi connectivity index (χ1v) is 7.21. The van der Waals surface area contributed by atoms with Crippen LogP contribution in [0.2, 0.25) is 0 Å². The Morgan fingerprint density at radius 1 is 1.05 bits per heavy atom. The lowest BCUT2D eigenvalue weighted by Gasteiger charge is -2.35. The Hall–Kier alpha value is -2.24. The van der Waals surface area contributed by atoms with Crippen molar-refractivity contribution in [3.63, 3.8) is 0 Å². The highest BCUT2D eigenvalue weighted by molar-refractivity contribution is 5.33. The zero-order valence-electron chi connectivity index (χ0n) is 12.2. The molecule has 0 N–H and O–H groups in total. The van der Waals surface area contributed by atoms with Crippen molar-refractivity contribution >= 4 is 5.69 Å². The number of nitro benzene ring substituents is 1. The zero-order chi connectivity index (χ0) is 15.5. The molecule has 0 aromatic heterocycles. The van der Waals surface area contributed by atoms with Gasteiger partial charge in [-0.3, -0.25) is 10.1 Å². The van der Waals surface area contributed by atoms with Gasteiger partial charge in [0.2, 0.25) is 0 Å². The minimum Gasteiger partial charge on any atom is -0.348 e. The van der Waals surface area contributed by atoms with E-state index in [0.29, 0.717) is 6.61 Å². The molecule has 1 saturated heterocycles. The summed E-state index contributed by atoms with van der Waals surface area (Å²) in [5.74, 6) is 0.247. The first-order valence-electron chi connectivity index (χ1n) is 7.21. The van der Waals surface area contributed by atoms with E-state index in [4.69, 9.17) is 9.47 Å². The van der Waals surface area contributed by atoms with Gasteiger partial charge in [0.1, 0.15) is 0 Å². The van der Waals surface area contributed by atoms with Crippen molar-refractivity contribution in [1.82, 2.24) is 0 Å². The average Bonchev–Trinajstić information content (AvgIpc) is 2.56. The summed E-state index contributed by atoms with van der Waals surface area (Å²) in [5.41, 5.74) is 1.97. The molecule has 0 saturated carbocycles. The minimum absolute atomic E-state index is 0.0462. The van der Waals surface area contributed by atoms with Gasteiger partial charge in [-0.1, -0.05) is 37.3 Å². The monoisotopic (exact) mass is 299 g/mol. The van der Waals surface area contributed by atoms with E-state index in [1.807, 2.05) is 30.3 Å². The molecule has 1 aliphatic heterocycles. The SMILES string of the molecule is C[C@H]1CO[C@H](c2ccc([N+](=O)[O-])cc2)O[C@@H]1c1ccccc1. The second-order valence-electron chi connectivity index (χ2n) is 5.46. The number of hydrogen-bond donors (Lipinski definition) is 0. The maximum Gasteiger partial charge on any atom is 0.269 e. The molecule has 114 valence electrons. The molecule has 3 atom stereocenters. The molecule has 0 unspecified atom stereocenters. The lowest BCUT2D eigenvalue weighted by molar-refractivity contribution is -0.384. The van der Waals surface area contributed by atoms with Crippen molar-refractivity contribution in [2.24, 2.45) is 5.92 Å². The van der Waals surface area contributed by atoms with Crippen LogP contribution in [-0.4, -0.2) is 11.5 Å².